The van der Waals surface area contributed by atoms with Gasteiger partial charge in [0.25, 0.3) is 5.91 Å². The standard InChI is InChI=1S/C18H16ClN3O3S/c1-20-18(23)16-11-22(14-7-5-13(19)6-8-14)17(21-16)12-3-9-15(10-4-12)26(2,24)25/h3-11H,1-2H3,(H,20,23). The SMILES string of the molecule is CNC(=O)c1cn(-c2ccc(Cl)cc2)c(-c2ccc(S(C)(=O)=O)cc2)n1. The van der Waals surface area contributed by atoms with Crippen molar-refractivity contribution in [2.45, 2.75) is 4.90 Å². The number of rotatable bonds is 4. The van der Waals surface area contributed by atoms with Crippen LogP contribution in [-0.4, -0.2) is 37.2 Å². The van der Waals surface area contributed by atoms with Crippen molar-refractivity contribution in [3.05, 3.63) is 65.4 Å². The second-order valence-corrected chi connectivity index (χ2v) is 8.12. The Balaban J connectivity index is 2.14. The molecule has 1 heterocycles. The molecule has 134 valence electrons. The molecule has 1 N–H and O–H groups in total. The van der Waals surface area contributed by atoms with Crippen molar-refractivity contribution < 1.29 is 13.2 Å². The fourth-order valence-electron chi connectivity index (χ4n) is 2.47. The van der Waals surface area contributed by atoms with E-state index in [0.717, 1.165) is 11.9 Å². The predicted octanol–water partition coefficient (Wildman–Crippen LogP) is 2.96. The number of carbonyl (C=O) groups is 1. The second-order valence-electron chi connectivity index (χ2n) is 5.67. The highest BCUT2D eigenvalue weighted by molar-refractivity contribution is 7.90. The summed E-state index contributed by atoms with van der Waals surface area (Å²) < 4.78 is 25.1. The quantitative estimate of drug-likeness (QED) is 0.743. The van der Waals surface area contributed by atoms with E-state index in [1.165, 1.54) is 19.2 Å². The lowest BCUT2D eigenvalue weighted by atomic mass is 10.2. The number of aromatic nitrogens is 2. The highest BCUT2D eigenvalue weighted by atomic mass is 35.5. The monoisotopic (exact) mass is 389 g/mol. The van der Waals surface area contributed by atoms with Crippen LogP contribution >= 0.6 is 11.6 Å². The van der Waals surface area contributed by atoms with E-state index in [1.807, 2.05) is 12.1 Å². The van der Waals surface area contributed by atoms with E-state index in [2.05, 4.69) is 10.3 Å². The minimum absolute atomic E-state index is 0.220. The number of amides is 1. The van der Waals surface area contributed by atoms with Gasteiger partial charge in [0.05, 0.1) is 4.90 Å². The highest BCUT2D eigenvalue weighted by Gasteiger charge is 2.16. The van der Waals surface area contributed by atoms with Gasteiger partial charge < -0.3 is 5.32 Å². The molecule has 0 fully saturated rings. The number of imidazole rings is 1. The summed E-state index contributed by atoms with van der Waals surface area (Å²) in [5.41, 5.74) is 1.71. The molecular formula is C18H16ClN3O3S. The molecule has 2 aromatic carbocycles. The number of nitrogens with zero attached hydrogens (tertiary/aromatic N) is 2. The zero-order chi connectivity index (χ0) is 18.9. The number of halogens is 1. The first-order valence-electron chi connectivity index (χ1n) is 7.67. The van der Waals surface area contributed by atoms with Crippen LogP contribution in [0.5, 0.6) is 0 Å². The van der Waals surface area contributed by atoms with Gasteiger partial charge in [-0.2, -0.15) is 0 Å². The lowest BCUT2D eigenvalue weighted by Gasteiger charge is -2.08. The van der Waals surface area contributed by atoms with E-state index in [-0.39, 0.29) is 16.5 Å². The van der Waals surface area contributed by atoms with Crippen LogP contribution in [0, 0.1) is 0 Å². The van der Waals surface area contributed by atoms with Gasteiger partial charge in [-0.05, 0) is 48.5 Å². The third kappa shape index (κ3) is 3.63. The van der Waals surface area contributed by atoms with Crippen LogP contribution in [0.1, 0.15) is 10.5 Å². The summed E-state index contributed by atoms with van der Waals surface area (Å²) in [5, 5.41) is 3.14. The molecule has 0 saturated heterocycles. The number of nitrogens with one attached hydrogen (secondary N) is 1. The molecule has 3 aromatic rings. The van der Waals surface area contributed by atoms with E-state index in [9.17, 15) is 13.2 Å². The lowest BCUT2D eigenvalue weighted by molar-refractivity contribution is 0.0958. The van der Waals surface area contributed by atoms with E-state index in [1.54, 1.807) is 35.0 Å². The molecule has 0 spiro atoms. The molecule has 3 rings (SSSR count). The Morgan fingerprint density at radius 3 is 2.23 bits per heavy atom. The van der Waals surface area contributed by atoms with Crippen LogP contribution in [0.4, 0.5) is 0 Å². The highest BCUT2D eigenvalue weighted by Crippen LogP contribution is 2.25. The molecule has 26 heavy (non-hydrogen) atoms. The van der Waals surface area contributed by atoms with Crippen LogP contribution in [-0.2, 0) is 9.84 Å². The van der Waals surface area contributed by atoms with E-state index in [4.69, 9.17) is 11.6 Å². The maximum absolute atomic E-state index is 12.0. The van der Waals surface area contributed by atoms with Gasteiger partial charge in [-0.1, -0.05) is 11.6 Å². The number of sulfone groups is 1. The first-order chi connectivity index (χ1) is 12.3. The van der Waals surface area contributed by atoms with Gasteiger partial charge in [-0.3, -0.25) is 9.36 Å². The average Bonchev–Trinajstić information content (AvgIpc) is 3.06. The normalized spacial score (nSPS) is 11.3. The number of benzene rings is 2. The third-order valence-electron chi connectivity index (χ3n) is 3.81. The predicted molar refractivity (Wildman–Crippen MR) is 101 cm³/mol. The van der Waals surface area contributed by atoms with Gasteiger partial charge in [0.2, 0.25) is 0 Å². The molecule has 0 unspecified atom stereocenters. The van der Waals surface area contributed by atoms with Crippen molar-refractivity contribution in [1.82, 2.24) is 14.9 Å². The van der Waals surface area contributed by atoms with Crippen LogP contribution in [0.3, 0.4) is 0 Å². The Labute approximate surface area is 156 Å². The van der Waals surface area contributed by atoms with Gasteiger partial charge >= 0.3 is 0 Å². The molecular weight excluding hydrogens is 374 g/mol. The molecule has 0 atom stereocenters. The molecule has 8 heteroatoms. The summed E-state index contributed by atoms with van der Waals surface area (Å²) in [7, 11) is -1.76. The fourth-order valence-corrected chi connectivity index (χ4v) is 3.23. The van der Waals surface area contributed by atoms with Crippen molar-refractivity contribution in [2.75, 3.05) is 13.3 Å². The van der Waals surface area contributed by atoms with Gasteiger partial charge in [0, 0.05) is 35.8 Å². The maximum atomic E-state index is 12.0. The molecule has 0 aliphatic rings. The largest absolute Gasteiger partial charge is 0.354 e. The second kappa shape index (κ2) is 6.93. The number of carbonyl (C=O) groups excluding carboxylic acids is 1. The molecule has 0 bridgehead atoms. The van der Waals surface area contributed by atoms with Crippen molar-refractivity contribution >= 4 is 27.3 Å². The van der Waals surface area contributed by atoms with Crippen LogP contribution in [0.2, 0.25) is 5.02 Å². The number of hydrogen-bond acceptors (Lipinski definition) is 4. The zero-order valence-electron chi connectivity index (χ0n) is 14.1. The summed E-state index contributed by atoms with van der Waals surface area (Å²) in [4.78, 5) is 16.6. The van der Waals surface area contributed by atoms with Gasteiger partial charge in [0.15, 0.2) is 9.84 Å². The summed E-state index contributed by atoms with van der Waals surface area (Å²) in [6, 6.07) is 13.5. The Bertz CT molecular complexity index is 1060. The van der Waals surface area contributed by atoms with Gasteiger partial charge in [-0.25, -0.2) is 13.4 Å². The Morgan fingerprint density at radius 1 is 1.08 bits per heavy atom. The Kier molecular flexibility index (Phi) is 4.84. The molecule has 1 aromatic heterocycles. The van der Waals surface area contributed by atoms with Crippen molar-refractivity contribution in [2.24, 2.45) is 0 Å². The smallest absolute Gasteiger partial charge is 0.271 e. The Hall–Kier alpha value is -2.64. The van der Waals surface area contributed by atoms with Crippen LogP contribution in [0.15, 0.2) is 59.6 Å². The first kappa shape index (κ1) is 18.2. The van der Waals surface area contributed by atoms with E-state index < -0.39 is 9.84 Å². The van der Waals surface area contributed by atoms with Gasteiger partial charge in [0.1, 0.15) is 11.5 Å². The molecule has 0 saturated carbocycles. The molecule has 0 aliphatic heterocycles. The first-order valence-corrected chi connectivity index (χ1v) is 9.94. The Morgan fingerprint density at radius 2 is 1.69 bits per heavy atom. The topological polar surface area (TPSA) is 81.1 Å². The average molecular weight is 390 g/mol. The van der Waals surface area contributed by atoms with Crippen molar-refractivity contribution in [3.63, 3.8) is 0 Å². The molecule has 6 nitrogen and oxygen atoms in total. The summed E-state index contributed by atoms with van der Waals surface area (Å²) >= 11 is 5.95. The summed E-state index contributed by atoms with van der Waals surface area (Å²) in [6.45, 7) is 0. The molecule has 0 aliphatic carbocycles. The van der Waals surface area contributed by atoms with Crippen LogP contribution < -0.4 is 5.32 Å². The fraction of sp³-hybridized carbons (Fsp3) is 0.111. The van der Waals surface area contributed by atoms with Crippen molar-refractivity contribution in [3.8, 4) is 17.1 Å². The van der Waals surface area contributed by atoms with Crippen molar-refractivity contribution in [1.29, 1.82) is 0 Å². The number of hydrogen-bond donors (Lipinski definition) is 1. The lowest BCUT2D eigenvalue weighted by Crippen LogP contribution is -2.18. The van der Waals surface area contributed by atoms with Gasteiger partial charge in [-0.15, -0.1) is 0 Å². The van der Waals surface area contributed by atoms with E-state index >= 15 is 0 Å². The summed E-state index contributed by atoms with van der Waals surface area (Å²) in [6.07, 6.45) is 2.78. The molecule has 0 radical (unpaired) electrons. The minimum Gasteiger partial charge on any atom is -0.354 e. The third-order valence-corrected chi connectivity index (χ3v) is 5.19. The van der Waals surface area contributed by atoms with E-state index in [0.29, 0.717) is 16.4 Å². The zero-order valence-corrected chi connectivity index (χ0v) is 15.7. The summed E-state index contributed by atoms with van der Waals surface area (Å²) in [5.74, 6) is 0.206. The maximum Gasteiger partial charge on any atom is 0.271 e. The van der Waals surface area contributed by atoms with Crippen LogP contribution in [0.25, 0.3) is 17.1 Å². The minimum atomic E-state index is -3.29. The molecule has 1 amide bonds.